The molecule has 0 spiro atoms. The first-order valence-corrected chi connectivity index (χ1v) is 10.3. The zero-order valence-corrected chi connectivity index (χ0v) is 16.6. The Morgan fingerprint density at radius 3 is 2.38 bits per heavy atom. The van der Waals surface area contributed by atoms with Gasteiger partial charge in [-0.15, -0.1) is 0 Å². The first-order valence-electron chi connectivity index (χ1n) is 10.3. The molecule has 6 nitrogen and oxygen atoms in total. The van der Waals surface area contributed by atoms with Gasteiger partial charge in [-0.2, -0.15) is 0 Å². The third kappa shape index (κ3) is 4.45. The molecule has 154 valence electrons. The van der Waals surface area contributed by atoms with E-state index in [1.54, 1.807) is 0 Å². The van der Waals surface area contributed by atoms with E-state index in [0.29, 0.717) is 17.1 Å². The number of aliphatic hydroxyl groups excluding tert-OH is 1. The summed E-state index contributed by atoms with van der Waals surface area (Å²) in [4.78, 5) is 16.7. The van der Waals surface area contributed by atoms with Gasteiger partial charge in [0.2, 0.25) is 0 Å². The van der Waals surface area contributed by atoms with Crippen molar-refractivity contribution in [3.8, 4) is 11.5 Å². The Morgan fingerprint density at radius 2 is 1.66 bits per heavy atom. The number of rotatable bonds is 7. The molecule has 0 aromatic heterocycles. The van der Waals surface area contributed by atoms with Gasteiger partial charge in [0.15, 0.2) is 0 Å². The number of benzene rings is 2. The van der Waals surface area contributed by atoms with Crippen LogP contribution in [0.15, 0.2) is 42.5 Å². The van der Waals surface area contributed by atoms with Crippen molar-refractivity contribution >= 4 is 5.97 Å². The predicted octanol–water partition coefficient (Wildman–Crippen LogP) is 2.55. The molecule has 29 heavy (non-hydrogen) atoms. The zero-order valence-electron chi connectivity index (χ0n) is 16.6. The highest BCUT2D eigenvalue weighted by Crippen LogP contribution is 2.44. The maximum atomic E-state index is 11.9. The average Bonchev–Trinajstić information content (AvgIpc) is 2.73. The minimum atomic E-state index is -0.852. The molecule has 6 heteroatoms. The molecule has 0 amide bonds. The van der Waals surface area contributed by atoms with Crippen LogP contribution in [0.25, 0.3) is 0 Å². The molecule has 2 heterocycles. The van der Waals surface area contributed by atoms with Gasteiger partial charge in [0.25, 0.3) is 0 Å². The smallest absolute Gasteiger partial charge is 0.315 e. The average molecular weight is 396 g/mol. The number of para-hydroxylation sites is 1. The lowest BCUT2D eigenvalue weighted by Gasteiger charge is -2.34. The summed E-state index contributed by atoms with van der Waals surface area (Å²) in [6, 6.07) is 13.3. The van der Waals surface area contributed by atoms with E-state index in [1.165, 1.54) is 5.56 Å². The van der Waals surface area contributed by atoms with Gasteiger partial charge in [0.05, 0.1) is 6.61 Å². The Bertz CT molecular complexity index is 862. The summed E-state index contributed by atoms with van der Waals surface area (Å²) >= 11 is 0. The number of hydrogen-bond donors (Lipinski definition) is 2. The Labute approximate surface area is 171 Å². The molecule has 1 saturated heterocycles. The summed E-state index contributed by atoms with van der Waals surface area (Å²) in [5.41, 5.74) is 2.60. The van der Waals surface area contributed by atoms with Crippen molar-refractivity contribution < 1.29 is 19.7 Å². The maximum Gasteiger partial charge on any atom is 0.315 e. The molecule has 2 aromatic carbocycles. The topological polar surface area (TPSA) is 73.2 Å². The molecule has 1 atom stereocenters. The van der Waals surface area contributed by atoms with Gasteiger partial charge in [-0.05, 0) is 37.1 Å². The molecule has 2 N–H and O–H groups in total. The summed E-state index contributed by atoms with van der Waals surface area (Å²) in [7, 11) is 0. The van der Waals surface area contributed by atoms with Gasteiger partial charge in [-0.3, -0.25) is 9.69 Å². The highest BCUT2D eigenvalue weighted by atomic mass is 16.5. The van der Waals surface area contributed by atoms with Gasteiger partial charge in [0, 0.05) is 43.9 Å². The monoisotopic (exact) mass is 396 g/mol. The molecular formula is C23H28N2O4. The minimum absolute atomic E-state index is 0.230. The number of fused-ring (bicyclic) bond motifs is 2. The van der Waals surface area contributed by atoms with Crippen molar-refractivity contribution in [1.82, 2.24) is 9.80 Å². The van der Waals surface area contributed by atoms with E-state index in [9.17, 15) is 9.90 Å². The Kier molecular flexibility index (Phi) is 6.13. The van der Waals surface area contributed by atoms with Crippen molar-refractivity contribution in [3.05, 3.63) is 59.2 Å². The highest BCUT2D eigenvalue weighted by Gasteiger charge is 2.32. The van der Waals surface area contributed by atoms with Crippen molar-refractivity contribution in [2.45, 2.75) is 18.8 Å². The van der Waals surface area contributed by atoms with Gasteiger partial charge in [-0.1, -0.05) is 30.3 Å². The molecule has 0 saturated carbocycles. The number of hydrogen-bond acceptors (Lipinski definition) is 5. The lowest BCUT2D eigenvalue weighted by molar-refractivity contribution is -0.137. The number of ether oxygens (including phenoxy) is 1. The van der Waals surface area contributed by atoms with Crippen LogP contribution in [0, 0.1) is 0 Å². The number of aryl methyl sites for hydroxylation is 1. The molecule has 1 unspecified atom stereocenters. The third-order valence-corrected chi connectivity index (χ3v) is 5.91. The molecule has 0 bridgehead atoms. The van der Waals surface area contributed by atoms with Gasteiger partial charge < -0.3 is 19.8 Å². The molecule has 0 radical (unpaired) electrons. The summed E-state index contributed by atoms with van der Waals surface area (Å²) in [6.45, 7) is 6.17. The summed E-state index contributed by atoms with van der Waals surface area (Å²) < 4.78 is 6.03. The Morgan fingerprint density at radius 1 is 0.966 bits per heavy atom. The van der Waals surface area contributed by atoms with Gasteiger partial charge in [0.1, 0.15) is 17.4 Å². The fourth-order valence-corrected chi connectivity index (χ4v) is 4.31. The minimum Gasteiger partial charge on any atom is -0.481 e. The summed E-state index contributed by atoms with van der Waals surface area (Å²) in [6.07, 6.45) is 1.99. The van der Waals surface area contributed by atoms with Crippen LogP contribution in [0.4, 0.5) is 0 Å². The van der Waals surface area contributed by atoms with Crippen molar-refractivity contribution in [3.63, 3.8) is 0 Å². The second kappa shape index (κ2) is 8.95. The van der Waals surface area contributed by atoms with Gasteiger partial charge >= 0.3 is 5.97 Å². The van der Waals surface area contributed by atoms with Crippen molar-refractivity contribution in [2.24, 2.45) is 0 Å². The maximum absolute atomic E-state index is 11.9. The number of aliphatic carboxylic acids is 1. The quantitative estimate of drug-likeness (QED) is 0.749. The van der Waals surface area contributed by atoms with Crippen molar-refractivity contribution in [1.29, 1.82) is 0 Å². The number of piperazine rings is 1. The van der Waals surface area contributed by atoms with E-state index >= 15 is 0 Å². The number of carboxylic acids is 1. The van der Waals surface area contributed by atoms with Crippen LogP contribution in [0.3, 0.4) is 0 Å². The van der Waals surface area contributed by atoms with Crippen LogP contribution < -0.4 is 4.74 Å². The highest BCUT2D eigenvalue weighted by molar-refractivity contribution is 5.83. The SMILES string of the molecule is O=C(O)C1c2ccccc2Oc2cc(CCCN3CCN(CCO)CC3)ccc21. The van der Waals surface area contributed by atoms with Crippen molar-refractivity contribution in [2.75, 3.05) is 45.9 Å². The van der Waals surface area contributed by atoms with E-state index in [0.717, 1.165) is 57.7 Å². The normalized spacial score (nSPS) is 19.3. The first-order chi connectivity index (χ1) is 14.2. The standard InChI is InChI=1S/C23H28N2O4/c26-15-14-25-12-10-24(11-13-25)9-3-4-17-7-8-19-21(16-17)29-20-6-2-1-5-18(20)22(19)23(27)28/h1-2,5-8,16,22,26H,3-4,9-15H2,(H,27,28). The van der Waals surface area contributed by atoms with E-state index in [-0.39, 0.29) is 6.61 Å². The van der Waals surface area contributed by atoms with E-state index in [4.69, 9.17) is 9.84 Å². The van der Waals surface area contributed by atoms with Crippen LogP contribution in [0.5, 0.6) is 11.5 Å². The molecule has 2 aromatic rings. The number of carboxylic acid groups (broad SMARTS) is 1. The number of β-amino-alcohol motifs (C(OH)–C–C–N with tert-alkyl or cyclic N) is 1. The number of carbonyl (C=O) groups is 1. The second-order valence-electron chi connectivity index (χ2n) is 7.79. The van der Waals surface area contributed by atoms with Crippen LogP contribution in [-0.4, -0.2) is 71.9 Å². The van der Waals surface area contributed by atoms with E-state index < -0.39 is 11.9 Å². The van der Waals surface area contributed by atoms with Crippen LogP contribution in [0.2, 0.25) is 0 Å². The fraction of sp³-hybridized carbons (Fsp3) is 0.435. The van der Waals surface area contributed by atoms with Crippen LogP contribution >= 0.6 is 0 Å². The largest absolute Gasteiger partial charge is 0.481 e. The lowest BCUT2D eigenvalue weighted by atomic mass is 9.87. The summed E-state index contributed by atoms with van der Waals surface area (Å²) in [5, 5.41) is 18.8. The first kappa shape index (κ1) is 19.9. The van der Waals surface area contributed by atoms with Crippen LogP contribution in [-0.2, 0) is 11.2 Å². The Balaban J connectivity index is 1.38. The fourth-order valence-electron chi connectivity index (χ4n) is 4.31. The number of nitrogens with zero attached hydrogens (tertiary/aromatic N) is 2. The molecule has 4 rings (SSSR count). The zero-order chi connectivity index (χ0) is 20.2. The summed E-state index contributed by atoms with van der Waals surface area (Å²) in [5.74, 6) is -0.245. The predicted molar refractivity (Wildman–Crippen MR) is 111 cm³/mol. The molecule has 2 aliphatic heterocycles. The van der Waals surface area contributed by atoms with Gasteiger partial charge in [-0.25, -0.2) is 0 Å². The molecule has 1 fully saturated rings. The van der Waals surface area contributed by atoms with E-state index in [1.807, 2.05) is 42.5 Å². The number of aliphatic hydroxyl groups is 1. The Hall–Kier alpha value is -2.41. The third-order valence-electron chi connectivity index (χ3n) is 5.91. The van der Waals surface area contributed by atoms with E-state index in [2.05, 4.69) is 9.80 Å². The molecule has 2 aliphatic rings. The second-order valence-corrected chi connectivity index (χ2v) is 7.79. The molecule has 0 aliphatic carbocycles. The lowest BCUT2D eigenvalue weighted by Crippen LogP contribution is -2.47. The van der Waals surface area contributed by atoms with Crippen LogP contribution in [0.1, 0.15) is 29.0 Å². The molecular weight excluding hydrogens is 368 g/mol.